The van der Waals surface area contributed by atoms with Crippen LogP contribution >= 0.6 is 0 Å². The van der Waals surface area contributed by atoms with Gasteiger partial charge in [0.25, 0.3) is 0 Å². The number of methoxy groups -OCH3 is 2. The summed E-state index contributed by atoms with van der Waals surface area (Å²) in [7, 11) is 3.32. The van der Waals surface area contributed by atoms with Gasteiger partial charge in [-0.3, -0.25) is 0 Å². The SMILES string of the molecule is CCCCCCCCCCCCC(C#N)(CCCN1CCC(C(O)c2ccccc2)CC1)c1ccc(OC)c(OC)c1. The van der Waals surface area contributed by atoms with Crippen LogP contribution in [0, 0.1) is 17.2 Å². The Morgan fingerprint density at radius 3 is 2.02 bits per heavy atom. The fourth-order valence-corrected chi connectivity index (χ4v) is 6.66. The number of hydrogen-bond donors (Lipinski definition) is 1. The normalized spacial score (nSPS) is 16.5. The molecule has 5 nitrogen and oxygen atoms in total. The van der Waals surface area contributed by atoms with Crippen LogP contribution in [0.15, 0.2) is 48.5 Å². The van der Waals surface area contributed by atoms with Gasteiger partial charge in [0, 0.05) is 0 Å². The van der Waals surface area contributed by atoms with Gasteiger partial charge < -0.3 is 19.5 Å². The quantitative estimate of drug-likeness (QED) is 0.159. The molecule has 0 aliphatic carbocycles. The van der Waals surface area contributed by atoms with Gasteiger partial charge in [0.1, 0.15) is 0 Å². The van der Waals surface area contributed by atoms with Crippen LogP contribution in [0.5, 0.6) is 11.5 Å². The summed E-state index contributed by atoms with van der Waals surface area (Å²) in [6.45, 7) is 5.26. The molecule has 1 N–H and O–H groups in total. The molecule has 42 heavy (non-hydrogen) atoms. The Morgan fingerprint density at radius 1 is 0.833 bits per heavy atom. The zero-order chi connectivity index (χ0) is 30.0. The number of unbranched alkanes of at least 4 members (excludes halogenated alkanes) is 9. The maximum absolute atomic E-state index is 10.9. The smallest absolute Gasteiger partial charge is 0.161 e. The van der Waals surface area contributed by atoms with E-state index in [9.17, 15) is 10.4 Å². The number of rotatable bonds is 20. The molecule has 0 amide bonds. The lowest BCUT2D eigenvalue weighted by Gasteiger charge is -2.35. The Balaban J connectivity index is 1.53. The summed E-state index contributed by atoms with van der Waals surface area (Å²) < 4.78 is 11.1. The lowest BCUT2D eigenvalue weighted by atomic mass is 9.74. The fourth-order valence-electron chi connectivity index (χ4n) is 6.66. The zero-order valence-electron chi connectivity index (χ0n) is 26.7. The van der Waals surface area contributed by atoms with Crippen molar-refractivity contribution in [1.29, 1.82) is 5.26 Å². The summed E-state index contributed by atoms with van der Waals surface area (Å²) >= 11 is 0. The number of ether oxygens (including phenoxy) is 2. The maximum atomic E-state index is 10.9. The highest BCUT2D eigenvalue weighted by atomic mass is 16.5. The van der Waals surface area contributed by atoms with Crippen LogP contribution in [0.4, 0.5) is 0 Å². The minimum absolute atomic E-state index is 0.310. The Hall–Kier alpha value is -2.55. The van der Waals surface area contributed by atoms with Crippen LogP contribution in [-0.2, 0) is 5.41 Å². The molecule has 0 spiro atoms. The Kier molecular flexibility index (Phi) is 15.3. The Bertz CT molecular complexity index is 1040. The average Bonchev–Trinajstić information content (AvgIpc) is 3.04. The molecule has 232 valence electrons. The summed E-state index contributed by atoms with van der Waals surface area (Å²) in [5.74, 6) is 1.70. The van der Waals surface area contributed by atoms with E-state index in [0.717, 1.165) is 69.3 Å². The largest absolute Gasteiger partial charge is 0.493 e. The van der Waals surface area contributed by atoms with E-state index in [4.69, 9.17) is 9.47 Å². The fraction of sp³-hybridized carbons (Fsp3) is 0.649. The molecule has 2 aromatic carbocycles. The first-order valence-electron chi connectivity index (χ1n) is 16.7. The van der Waals surface area contributed by atoms with E-state index in [1.54, 1.807) is 14.2 Å². The highest BCUT2D eigenvalue weighted by Gasteiger charge is 2.33. The highest BCUT2D eigenvalue weighted by Crippen LogP contribution is 2.39. The Labute approximate surface area is 256 Å². The van der Waals surface area contributed by atoms with Crippen LogP contribution in [0.3, 0.4) is 0 Å². The first kappa shape index (κ1) is 33.9. The maximum Gasteiger partial charge on any atom is 0.161 e. The molecule has 0 saturated carbocycles. The molecule has 3 rings (SSSR count). The molecule has 0 bridgehead atoms. The highest BCUT2D eigenvalue weighted by molar-refractivity contribution is 5.47. The van der Waals surface area contributed by atoms with E-state index in [0.29, 0.717) is 17.4 Å². The summed E-state index contributed by atoms with van der Waals surface area (Å²) in [6, 6.07) is 18.9. The average molecular weight is 577 g/mol. The third-order valence-electron chi connectivity index (χ3n) is 9.40. The predicted octanol–water partition coefficient (Wildman–Crippen LogP) is 9.00. The lowest BCUT2D eigenvalue weighted by molar-refractivity contribution is 0.0581. The van der Waals surface area contributed by atoms with Crippen molar-refractivity contribution < 1.29 is 14.6 Å². The molecular weight excluding hydrogens is 520 g/mol. The van der Waals surface area contributed by atoms with Gasteiger partial charge in [-0.25, -0.2) is 0 Å². The molecule has 1 fully saturated rings. The molecule has 5 heteroatoms. The van der Waals surface area contributed by atoms with E-state index in [2.05, 4.69) is 24.0 Å². The van der Waals surface area contributed by atoms with Gasteiger partial charge in [-0.2, -0.15) is 5.26 Å². The molecule has 1 aliphatic rings. The minimum Gasteiger partial charge on any atom is -0.493 e. The summed E-state index contributed by atoms with van der Waals surface area (Å²) in [5, 5.41) is 21.5. The van der Waals surface area contributed by atoms with Gasteiger partial charge in [0.2, 0.25) is 0 Å². The second-order valence-electron chi connectivity index (χ2n) is 12.3. The zero-order valence-corrected chi connectivity index (χ0v) is 26.7. The third-order valence-corrected chi connectivity index (χ3v) is 9.40. The number of aliphatic hydroxyl groups is 1. The van der Waals surface area contributed by atoms with Crippen LogP contribution < -0.4 is 9.47 Å². The van der Waals surface area contributed by atoms with E-state index < -0.39 is 5.41 Å². The van der Waals surface area contributed by atoms with Crippen molar-refractivity contribution in [3.05, 3.63) is 59.7 Å². The minimum atomic E-state index is -0.526. The van der Waals surface area contributed by atoms with Crippen molar-refractivity contribution in [1.82, 2.24) is 4.90 Å². The van der Waals surface area contributed by atoms with Gasteiger partial charge >= 0.3 is 0 Å². The van der Waals surface area contributed by atoms with Gasteiger partial charge in [-0.1, -0.05) is 108 Å². The van der Waals surface area contributed by atoms with Gasteiger partial charge in [-0.05, 0) is 80.9 Å². The third kappa shape index (κ3) is 10.3. The first-order chi connectivity index (χ1) is 20.6. The van der Waals surface area contributed by atoms with Crippen molar-refractivity contribution in [3.8, 4) is 17.6 Å². The number of piperidine rings is 1. The van der Waals surface area contributed by atoms with Crippen molar-refractivity contribution in [2.45, 2.75) is 115 Å². The molecule has 1 heterocycles. The van der Waals surface area contributed by atoms with E-state index >= 15 is 0 Å². The number of nitriles is 1. The number of likely N-dealkylation sites (tertiary alicyclic amines) is 1. The summed E-state index contributed by atoms with van der Waals surface area (Å²) in [6.07, 6.45) is 17.2. The second-order valence-corrected chi connectivity index (χ2v) is 12.3. The first-order valence-corrected chi connectivity index (χ1v) is 16.7. The summed E-state index contributed by atoms with van der Waals surface area (Å²) in [5.41, 5.74) is 1.54. The van der Waals surface area contributed by atoms with Gasteiger partial charge in [-0.15, -0.1) is 0 Å². The van der Waals surface area contributed by atoms with Crippen LogP contribution in [-0.4, -0.2) is 43.9 Å². The van der Waals surface area contributed by atoms with E-state index in [1.807, 2.05) is 42.5 Å². The predicted molar refractivity (Wildman–Crippen MR) is 173 cm³/mol. The number of aliphatic hydroxyl groups excluding tert-OH is 1. The van der Waals surface area contributed by atoms with E-state index in [1.165, 1.54) is 57.8 Å². The topological polar surface area (TPSA) is 65.7 Å². The molecule has 2 unspecified atom stereocenters. The molecule has 2 atom stereocenters. The number of hydrogen-bond acceptors (Lipinski definition) is 5. The van der Waals surface area contributed by atoms with Crippen molar-refractivity contribution >= 4 is 0 Å². The number of nitrogens with zero attached hydrogens (tertiary/aromatic N) is 2. The van der Waals surface area contributed by atoms with Crippen LogP contribution in [0.2, 0.25) is 0 Å². The number of benzene rings is 2. The lowest BCUT2D eigenvalue weighted by Crippen LogP contribution is -2.37. The monoisotopic (exact) mass is 576 g/mol. The van der Waals surface area contributed by atoms with Crippen molar-refractivity contribution in [2.24, 2.45) is 5.92 Å². The standard InChI is InChI=1S/C37H56N2O3/c1-4-5-6-7-8-9-10-11-12-16-24-37(30-38,33-20-21-34(41-2)35(29-33)42-3)25-17-26-39-27-22-32(23-28-39)36(40)31-18-14-13-15-19-31/h13-15,18-21,29,32,36,40H,4-12,16-17,22-28H2,1-3H3. The summed E-state index contributed by atoms with van der Waals surface area (Å²) in [4.78, 5) is 2.52. The van der Waals surface area contributed by atoms with Crippen molar-refractivity contribution in [2.75, 3.05) is 33.9 Å². The molecule has 1 saturated heterocycles. The Morgan fingerprint density at radius 2 is 1.43 bits per heavy atom. The van der Waals surface area contributed by atoms with Gasteiger partial charge in [0.15, 0.2) is 11.5 Å². The molecule has 1 aliphatic heterocycles. The molecule has 0 radical (unpaired) electrons. The van der Waals surface area contributed by atoms with Crippen LogP contribution in [0.1, 0.15) is 120 Å². The molecule has 0 aromatic heterocycles. The second kappa shape index (κ2) is 18.9. The molecular formula is C37H56N2O3. The van der Waals surface area contributed by atoms with E-state index in [-0.39, 0.29) is 6.10 Å². The van der Waals surface area contributed by atoms with Crippen molar-refractivity contribution in [3.63, 3.8) is 0 Å². The molecule has 2 aromatic rings. The van der Waals surface area contributed by atoms with Crippen LogP contribution in [0.25, 0.3) is 0 Å². The van der Waals surface area contributed by atoms with Gasteiger partial charge in [0.05, 0.1) is 31.8 Å².